The van der Waals surface area contributed by atoms with E-state index in [0.29, 0.717) is 19.7 Å². The summed E-state index contributed by atoms with van der Waals surface area (Å²) in [7, 11) is -3.15. The molecule has 0 amide bonds. The maximum atomic E-state index is 11.5. The van der Waals surface area contributed by atoms with Gasteiger partial charge in [0, 0.05) is 31.1 Å². The summed E-state index contributed by atoms with van der Waals surface area (Å²) < 4.78 is 31.1. The lowest BCUT2D eigenvalue weighted by atomic mass is 10.0. The largest absolute Gasteiger partial charge is 0.493 e. The molecular formula is C13H20N2O3S. The van der Waals surface area contributed by atoms with E-state index in [2.05, 4.69) is 10.0 Å². The number of rotatable bonds is 6. The number of benzene rings is 1. The molecule has 0 aromatic heterocycles. The van der Waals surface area contributed by atoms with Crippen LogP contribution >= 0.6 is 0 Å². The average Bonchev–Trinajstić information content (AvgIpc) is 2.39. The van der Waals surface area contributed by atoms with Crippen molar-refractivity contribution in [2.45, 2.75) is 19.4 Å². The van der Waals surface area contributed by atoms with Crippen LogP contribution in [0.2, 0.25) is 0 Å². The van der Waals surface area contributed by atoms with E-state index in [1.165, 1.54) is 0 Å². The second-order valence-electron chi connectivity index (χ2n) is 4.50. The van der Waals surface area contributed by atoms with Crippen molar-refractivity contribution in [2.24, 2.45) is 0 Å². The second-order valence-corrected chi connectivity index (χ2v) is 6.42. The number of hydrogen-bond donors (Lipinski definition) is 2. The first-order valence-corrected chi connectivity index (χ1v) is 8.20. The first-order valence-electron chi connectivity index (χ1n) is 6.55. The Morgan fingerprint density at radius 1 is 1.37 bits per heavy atom. The summed E-state index contributed by atoms with van der Waals surface area (Å²) in [4.78, 5) is 0. The number of nitrogens with one attached hydrogen (secondary N) is 2. The molecule has 1 aromatic carbocycles. The molecule has 6 heteroatoms. The van der Waals surface area contributed by atoms with Crippen LogP contribution in [-0.4, -0.2) is 33.9 Å². The third-order valence-corrected chi connectivity index (χ3v) is 4.55. The van der Waals surface area contributed by atoms with Gasteiger partial charge in [0.2, 0.25) is 10.0 Å². The molecule has 0 radical (unpaired) electrons. The summed E-state index contributed by atoms with van der Waals surface area (Å²) in [6, 6.07) is 8.04. The summed E-state index contributed by atoms with van der Waals surface area (Å²) >= 11 is 0. The van der Waals surface area contributed by atoms with Gasteiger partial charge in [0.15, 0.2) is 0 Å². The molecule has 19 heavy (non-hydrogen) atoms. The van der Waals surface area contributed by atoms with Crippen LogP contribution in [0.5, 0.6) is 5.75 Å². The van der Waals surface area contributed by atoms with Gasteiger partial charge in [-0.1, -0.05) is 25.1 Å². The third kappa shape index (κ3) is 3.92. The molecular weight excluding hydrogens is 264 g/mol. The molecule has 2 rings (SSSR count). The van der Waals surface area contributed by atoms with Crippen LogP contribution in [0.4, 0.5) is 0 Å². The molecule has 0 saturated carbocycles. The number of fused-ring (bicyclic) bond motifs is 1. The summed E-state index contributed by atoms with van der Waals surface area (Å²) in [6.07, 6.45) is 0.859. The van der Waals surface area contributed by atoms with E-state index in [1.807, 2.05) is 24.3 Å². The number of hydrogen-bond acceptors (Lipinski definition) is 4. The third-order valence-electron chi connectivity index (χ3n) is 3.08. The van der Waals surface area contributed by atoms with Crippen LogP contribution in [0.1, 0.15) is 24.9 Å². The van der Waals surface area contributed by atoms with Gasteiger partial charge in [-0.15, -0.1) is 0 Å². The first-order chi connectivity index (χ1) is 9.12. The highest BCUT2D eigenvalue weighted by Gasteiger charge is 2.20. The standard InChI is InChI=1S/C13H20N2O3S/c1-2-15-19(16,17)10-8-14-12-7-9-18-13-6-4-3-5-11(12)13/h3-6,12,14-15H,2,7-10H2,1H3. The zero-order chi connectivity index (χ0) is 13.7. The van der Waals surface area contributed by atoms with Crippen molar-refractivity contribution in [1.82, 2.24) is 10.0 Å². The van der Waals surface area contributed by atoms with E-state index >= 15 is 0 Å². The molecule has 5 nitrogen and oxygen atoms in total. The van der Waals surface area contributed by atoms with Crippen molar-refractivity contribution < 1.29 is 13.2 Å². The molecule has 0 saturated heterocycles. The predicted octanol–water partition coefficient (Wildman–Crippen LogP) is 1.04. The highest BCUT2D eigenvalue weighted by atomic mass is 32.2. The van der Waals surface area contributed by atoms with Gasteiger partial charge >= 0.3 is 0 Å². The molecule has 1 aromatic rings. The van der Waals surface area contributed by atoms with E-state index in [0.717, 1.165) is 17.7 Å². The molecule has 1 unspecified atom stereocenters. The van der Waals surface area contributed by atoms with E-state index in [4.69, 9.17) is 4.74 Å². The summed E-state index contributed by atoms with van der Waals surface area (Å²) in [6.45, 7) is 3.31. The van der Waals surface area contributed by atoms with Gasteiger partial charge in [0.1, 0.15) is 5.75 Å². The fourth-order valence-corrected chi connectivity index (χ4v) is 3.18. The molecule has 0 spiro atoms. The van der Waals surface area contributed by atoms with Gasteiger partial charge < -0.3 is 10.1 Å². The molecule has 1 heterocycles. The Labute approximate surface area is 114 Å². The van der Waals surface area contributed by atoms with Gasteiger partial charge in [-0.2, -0.15) is 0 Å². The first kappa shape index (κ1) is 14.3. The number of ether oxygens (including phenoxy) is 1. The minimum Gasteiger partial charge on any atom is -0.493 e. The van der Waals surface area contributed by atoms with Gasteiger partial charge in [0.25, 0.3) is 0 Å². The Bertz CT molecular complexity index is 516. The van der Waals surface area contributed by atoms with Crippen LogP contribution in [-0.2, 0) is 10.0 Å². The van der Waals surface area contributed by atoms with Gasteiger partial charge in [-0.3, -0.25) is 0 Å². The van der Waals surface area contributed by atoms with Crippen LogP contribution in [0.3, 0.4) is 0 Å². The molecule has 1 aliphatic rings. The Morgan fingerprint density at radius 3 is 2.95 bits per heavy atom. The predicted molar refractivity (Wildman–Crippen MR) is 74.8 cm³/mol. The van der Waals surface area contributed by atoms with Crippen molar-refractivity contribution in [3.63, 3.8) is 0 Å². The minimum absolute atomic E-state index is 0.0976. The monoisotopic (exact) mass is 284 g/mol. The highest BCUT2D eigenvalue weighted by Crippen LogP contribution is 2.31. The van der Waals surface area contributed by atoms with Crippen molar-refractivity contribution in [3.8, 4) is 5.75 Å². The van der Waals surface area contributed by atoms with E-state index in [1.54, 1.807) is 6.92 Å². The molecule has 0 aliphatic carbocycles. The SMILES string of the molecule is CCNS(=O)(=O)CCNC1CCOc2ccccc21. The van der Waals surface area contributed by atoms with E-state index < -0.39 is 10.0 Å². The fraction of sp³-hybridized carbons (Fsp3) is 0.538. The van der Waals surface area contributed by atoms with Crippen molar-refractivity contribution in [1.29, 1.82) is 0 Å². The quantitative estimate of drug-likeness (QED) is 0.819. The van der Waals surface area contributed by atoms with Crippen LogP contribution in [0.25, 0.3) is 0 Å². The highest BCUT2D eigenvalue weighted by molar-refractivity contribution is 7.89. The maximum Gasteiger partial charge on any atom is 0.212 e. The number of sulfonamides is 1. The Kier molecular flexibility index (Phi) is 4.79. The van der Waals surface area contributed by atoms with Crippen molar-refractivity contribution >= 4 is 10.0 Å². The van der Waals surface area contributed by atoms with Gasteiger partial charge in [-0.05, 0) is 6.07 Å². The molecule has 2 N–H and O–H groups in total. The average molecular weight is 284 g/mol. The topological polar surface area (TPSA) is 67.4 Å². The van der Waals surface area contributed by atoms with Crippen LogP contribution in [0, 0.1) is 0 Å². The number of para-hydroxylation sites is 1. The van der Waals surface area contributed by atoms with Crippen molar-refractivity contribution in [3.05, 3.63) is 29.8 Å². The molecule has 0 bridgehead atoms. The molecule has 0 fully saturated rings. The Hall–Kier alpha value is -1.11. The normalized spacial score (nSPS) is 18.7. The zero-order valence-electron chi connectivity index (χ0n) is 11.1. The lowest BCUT2D eigenvalue weighted by Crippen LogP contribution is -2.34. The smallest absolute Gasteiger partial charge is 0.212 e. The Morgan fingerprint density at radius 2 is 2.16 bits per heavy atom. The van der Waals surface area contributed by atoms with Crippen LogP contribution in [0.15, 0.2) is 24.3 Å². The summed E-state index contributed by atoms with van der Waals surface area (Å²) in [5.41, 5.74) is 1.11. The fourth-order valence-electron chi connectivity index (χ4n) is 2.21. The maximum absolute atomic E-state index is 11.5. The zero-order valence-corrected chi connectivity index (χ0v) is 11.9. The van der Waals surface area contributed by atoms with Gasteiger partial charge in [-0.25, -0.2) is 13.1 Å². The minimum atomic E-state index is -3.15. The Balaban J connectivity index is 1.91. The summed E-state index contributed by atoms with van der Waals surface area (Å²) in [5.74, 6) is 0.987. The van der Waals surface area contributed by atoms with Crippen molar-refractivity contribution in [2.75, 3.05) is 25.4 Å². The molecule has 1 aliphatic heterocycles. The van der Waals surface area contributed by atoms with E-state index in [-0.39, 0.29) is 11.8 Å². The second kappa shape index (κ2) is 6.36. The molecule has 1 atom stereocenters. The van der Waals surface area contributed by atoms with E-state index in [9.17, 15) is 8.42 Å². The lowest BCUT2D eigenvalue weighted by molar-refractivity contribution is 0.254. The van der Waals surface area contributed by atoms with Gasteiger partial charge in [0.05, 0.1) is 12.4 Å². The van der Waals surface area contributed by atoms with Crippen LogP contribution < -0.4 is 14.8 Å². The molecule has 106 valence electrons. The lowest BCUT2D eigenvalue weighted by Gasteiger charge is -2.26. The summed E-state index contributed by atoms with van der Waals surface area (Å²) in [5, 5.41) is 3.29.